The number of ether oxygens (including phenoxy) is 2. The first-order valence-corrected chi connectivity index (χ1v) is 8.27. The molecule has 3 rings (SSSR count). The van der Waals surface area contributed by atoms with E-state index >= 15 is 0 Å². The van der Waals surface area contributed by atoms with E-state index in [2.05, 4.69) is 0 Å². The van der Waals surface area contributed by atoms with E-state index in [-0.39, 0.29) is 24.4 Å². The standard InChI is InChI=1S/C20H21NO4/c1-24-19(22)18-13-21(12-17(18)16-10-6-3-7-11-16)20(23)25-14-15-8-4-2-5-9-15/h2-11,17-18H,12-14H2,1H3/t17-,18+/m1/s1. The van der Waals surface area contributed by atoms with E-state index < -0.39 is 6.09 Å². The van der Waals surface area contributed by atoms with E-state index in [1.165, 1.54) is 7.11 Å². The van der Waals surface area contributed by atoms with Crippen LogP contribution in [0.5, 0.6) is 0 Å². The number of carbonyl (C=O) groups is 2. The summed E-state index contributed by atoms with van der Waals surface area (Å²) in [6.45, 7) is 0.965. The predicted molar refractivity (Wildman–Crippen MR) is 92.9 cm³/mol. The SMILES string of the molecule is COC(=O)[C@H]1CN(C(=O)OCc2ccccc2)C[C@@H]1c1ccccc1. The summed E-state index contributed by atoms with van der Waals surface area (Å²) < 4.78 is 10.3. The van der Waals surface area contributed by atoms with E-state index in [0.717, 1.165) is 11.1 Å². The number of likely N-dealkylation sites (tertiary alicyclic amines) is 1. The topological polar surface area (TPSA) is 55.8 Å². The highest BCUT2D eigenvalue weighted by molar-refractivity contribution is 5.77. The molecule has 0 radical (unpaired) electrons. The maximum absolute atomic E-state index is 12.4. The van der Waals surface area contributed by atoms with Crippen molar-refractivity contribution in [1.82, 2.24) is 4.90 Å². The van der Waals surface area contributed by atoms with Crippen molar-refractivity contribution >= 4 is 12.1 Å². The van der Waals surface area contributed by atoms with Crippen molar-refractivity contribution in [3.05, 3.63) is 71.8 Å². The summed E-state index contributed by atoms with van der Waals surface area (Å²) in [5.74, 6) is -0.762. The number of carbonyl (C=O) groups excluding carboxylic acids is 2. The Hall–Kier alpha value is -2.82. The summed E-state index contributed by atoms with van der Waals surface area (Å²) in [5, 5.41) is 0. The Balaban J connectivity index is 1.68. The number of rotatable bonds is 4. The number of hydrogen-bond donors (Lipinski definition) is 0. The average molecular weight is 339 g/mol. The molecule has 0 bridgehead atoms. The first-order valence-electron chi connectivity index (χ1n) is 8.27. The van der Waals surface area contributed by atoms with Crippen LogP contribution in [0.4, 0.5) is 4.79 Å². The van der Waals surface area contributed by atoms with Gasteiger partial charge in [-0.2, -0.15) is 0 Å². The quantitative estimate of drug-likeness (QED) is 0.803. The van der Waals surface area contributed by atoms with Crippen LogP contribution in [0.1, 0.15) is 17.0 Å². The summed E-state index contributed by atoms with van der Waals surface area (Å²) >= 11 is 0. The zero-order chi connectivity index (χ0) is 17.6. The molecular formula is C20H21NO4. The number of methoxy groups -OCH3 is 1. The molecule has 0 aromatic heterocycles. The first kappa shape index (κ1) is 17.0. The average Bonchev–Trinajstić information content (AvgIpc) is 3.12. The van der Waals surface area contributed by atoms with Gasteiger partial charge in [0.25, 0.3) is 0 Å². The Bertz CT molecular complexity index is 717. The molecule has 25 heavy (non-hydrogen) atoms. The fraction of sp³-hybridized carbons (Fsp3) is 0.300. The smallest absolute Gasteiger partial charge is 0.410 e. The lowest BCUT2D eigenvalue weighted by atomic mass is 9.89. The number of benzene rings is 2. The molecule has 1 fully saturated rings. The monoisotopic (exact) mass is 339 g/mol. The predicted octanol–water partition coefficient (Wildman–Crippen LogP) is 3.21. The molecule has 1 aliphatic rings. The van der Waals surface area contributed by atoms with Crippen LogP contribution in [-0.2, 0) is 20.9 Å². The van der Waals surface area contributed by atoms with E-state index in [9.17, 15) is 9.59 Å². The van der Waals surface area contributed by atoms with Gasteiger partial charge in [0.2, 0.25) is 0 Å². The second-order valence-electron chi connectivity index (χ2n) is 6.09. The lowest BCUT2D eigenvalue weighted by Gasteiger charge is -2.16. The van der Waals surface area contributed by atoms with E-state index in [4.69, 9.17) is 9.47 Å². The maximum Gasteiger partial charge on any atom is 0.410 e. The number of esters is 1. The number of nitrogens with zero attached hydrogens (tertiary/aromatic N) is 1. The van der Waals surface area contributed by atoms with Gasteiger partial charge in [0.1, 0.15) is 6.61 Å². The third-order valence-corrected chi connectivity index (χ3v) is 4.51. The first-order chi connectivity index (χ1) is 12.2. The Morgan fingerprint density at radius 2 is 1.64 bits per heavy atom. The molecule has 5 heteroatoms. The van der Waals surface area contributed by atoms with Gasteiger partial charge in [-0.1, -0.05) is 60.7 Å². The summed E-state index contributed by atoms with van der Waals surface area (Å²) in [6, 6.07) is 19.3. The molecule has 2 aromatic rings. The Morgan fingerprint density at radius 1 is 1.00 bits per heavy atom. The minimum atomic E-state index is -0.406. The third-order valence-electron chi connectivity index (χ3n) is 4.51. The molecule has 0 aliphatic carbocycles. The number of amides is 1. The molecule has 0 spiro atoms. The molecule has 5 nitrogen and oxygen atoms in total. The van der Waals surface area contributed by atoms with Gasteiger partial charge < -0.3 is 14.4 Å². The number of hydrogen-bond acceptors (Lipinski definition) is 4. The maximum atomic E-state index is 12.4. The highest BCUT2D eigenvalue weighted by Gasteiger charge is 2.41. The van der Waals surface area contributed by atoms with Crippen molar-refractivity contribution in [2.24, 2.45) is 5.92 Å². The largest absolute Gasteiger partial charge is 0.469 e. The van der Waals surface area contributed by atoms with Gasteiger partial charge in [0.15, 0.2) is 0 Å². The van der Waals surface area contributed by atoms with Crippen molar-refractivity contribution in [3.63, 3.8) is 0 Å². The fourth-order valence-electron chi connectivity index (χ4n) is 3.19. The zero-order valence-electron chi connectivity index (χ0n) is 14.1. The second-order valence-corrected chi connectivity index (χ2v) is 6.09. The molecule has 0 saturated carbocycles. The lowest BCUT2D eigenvalue weighted by molar-refractivity contribution is -0.145. The molecule has 1 heterocycles. The summed E-state index contributed by atoms with van der Waals surface area (Å²) in [6.07, 6.45) is -0.406. The van der Waals surface area contributed by atoms with E-state index in [1.807, 2.05) is 60.7 Å². The molecule has 1 saturated heterocycles. The zero-order valence-corrected chi connectivity index (χ0v) is 14.1. The highest BCUT2D eigenvalue weighted by atomic mass is 16.6. The molecule has 0 N–H and O–H groups in total. The van der Waals surface area contributed by atoms with Gasteiger partial charge in [0, 0.05) is 19.0 Å². The van der Waals surface area contributed by atoms with Crippen molar-refractivity contribution in [1.29, 1.82) is 0 Å². The minimum Gasteiger partial charge on any atom is -0.469 e. The van der Waals surface area contributed by atoms with Crippen LogP contribution < -0.4 is 0 Å². The van der Waals surface area contributed by atoms with Crippen LogP contribution in [0.3, 0.4) is 0 Å². The molecule has 1 amide bonds. The third kappa shape index (κ3) is 3.99. The Morgan fingerprint density at radius 3 is 2.28 bits per heavy atom. The molecule has 1 aliphatic heterocycles. The van der Waals surface area contributed by atoms with Crippen molar-refractivity contribution < 1.29 is 19.1 Å². The Labute approximate surface area is 147 Å². The van der Waals surface area contributed by atoms with Crippen LogP contribution in [0.25, 0.3) is 0 Å². The van der Waals surface area contributed by atoms with Crippen LogP contribution >= 0.6 is 0 Å². The van der Waals surface area contributed by atoms with Gasteiger partial charge in [0.05, 0.1) is 13.0 Å². The van der Waals surface area contributed by atoms with Crippen LogP contribution in [-0.4, -0.2) is 37.2 Å². The second kappa shape index (κ2) is 7.83. The van der Waals surface area contributed by atoms with Gasteiger partial charge in [-0.15, -0.1) is 0 Å². The normalized spacial score (nSPS) is 19.5. The van der Waals surface area contributed by atoms with Gasteiger partial charge in [-0.3, -0.25) is 4.79 Å². The molecule has 2 atom stereocenters. The summed E-state index contributed by atoms with van der Waals surface area (Å²) in [5.41, 5.74) is 1.95. The van der Waals surface area contributed by atoms with Crippen molar-refractivity contribution in [2.75, 3.05) is 20.2 Å². The Kier molecular flexibility index (Phi) is 5.33. The minimum absolute atomic E-state index is 0.0853. The molecule has 130 valence electrons. The molecule has 0 unspecified atom stereocenters. The molecular weight excluding hydrogens is 318 g/mol. The van der Waals surface area contributed by atoms with Gasteiger partial charge in [-0.05, 0) is 11.1 Å². The van der Waals surface area contributed by atoms with Crippen molar-refractivity contribution in [2.45, 2.75) is 12.5 Å². The summed E-state index contributed by atoms with van der Waals surface area (Å²) in [7, 11) is 1.38. The lowest BCUT2D eigenvalue weighted by Crippen LogP contribution is -2.30. The molecule has 2 aromatic carbocycles. The van der Waals surface area contributed by atoms with Gasteiger partial charge >= 0.3 is 12.1 Å². The van der Waals surface area contributed by atoms with Crippen LogP contribution in [0.15, 0.2) is 60.7 Å². The van der Waals surface area contributed by atoms with Gasteiger partial charge in [-0.25, -0.2) is 4.79 Å². The van der Waals surface area contributed by atoms with E-state index in [0.29, 0.717) is 13.1 Å². The van der Waals surface area contributed by atoms with Crippen LogP contribution in [0.2, 0.25) is 0 Å². The highest BCUT2D eigenvalue weighted by Crippen LogP contribution is 2.33. The summed E-state index contributed by atoms with van der Waals surface area (Å²) in [4.78, 5) is 26.1. The van der Waals surface area contributed by atoms with Crippen molar-refractivity contribution in [3.8, 4) is 0 Å². The van der Waals surface area contributed by atoms with Crippen LogP contribution in [0, 0.1) is 5.92 Å². The van der Waals surface area contributed by atoms with E-state index in [1.54, 1.807) is 4.90 Å². The fourth-order valence-corrected chi connectivity index (χ4v) is 3.19.